The van der Waals surface area contributed by atoms with E-state index in [0.29, 0.717) is 50.0 Å². The van der Waals surface area contributed by atoms with E-state index in [-0.39, 0.29) is 16.9 Å². The molecule has 0 unspecified atom stereocenters. The van der Waals surface area contributed by atoms with Crippen molar-refractivity contribution in [2.24, 2.45) is 0 Å². The van der Waals surface area contributed by atoms with Gasteiger partial charge < -0.3 is 9.26 Å². The van der Waals surface area contributed by atoms with Gasteiger partial charge in [0.1, 0.15) is 0 Å². The van der Waals surface area contributed by atoms with Crippen LogP contribution in [0.1, 0.15) is 49.8 Å². The SMILES string of the molecule is CCOC(=O)c1ccc(S(=O)(=O)N2CCN(Cc3noc(C(C)(C)C)n3)CC2)cc1. The van der Waals surface area contributed by atoms with E-state index in [1.807, 2.05) is 20.8 Å². The summed E-state index contributed by atoms with van der Waals surface area (Å²) in [4.78, 5) is 18.5. The first kappa shape index (κ1) is 22.4. The van der Waals surface area contributed by atoms with Crippen LogP contribution in [-0.4, -0.2) is 66.5 Å². The van der Waals surface area contributed by atoms with E-state index < -0.39 is 16.0 Å². The molecule has 0 N–H and O–H groups in total. The van der Waals surface area contributed by atoms with Crippen LogP contribution in [-0.2, 0) is 26.7 Å². The van der Waals surface area contributed by atoms with Crippen molar-refractivity contribution in [3.8, 4) is 0 Å². The first-order valence-electron chi connectivity index (χ1n) is 9.94. The Labute approximate surface area is 177 Å². The van der Waals surface area contributed by atoms with Gasteiger partial charge in [0.25, 0.3) is 0 Å². The van der Waals surface area contributed by atoms with Crippen LogP contribution in [0.2, 0.25) is 0 Å². The van der Waals surface area contributed by atoms with Gasteiger partial charge in [0.05, 0.1) is 23.6 Å². The van der Waals surface area contributed by atoms with Crippen molar-refractivity contribution in [3.63, 3.8) is 0 Å². The van der Waals surface area contributed by atoms with Crippen molar-refractivity contribution in [1.29, 1.82) is 0 Å². The lowest BCUT2D eigenvalue weighted by atomic mass is 9.97. The topological polar surface area (TPSA) is 106 Å². The van der Waals surface area contributed by atoms with Crippen LogP contribution in [0.4, 0.5) is 0 Å². The quantitative estimate of drug-likeness (QED) is 0.634. The molecular formula is C20H28N4O5S. The molecule has 0 spiro atoms. The fourth-order valence-electron chi connectivity index (χ4n) is 3.08. The zero-order valence-electron chi connectivity index (χ0n) is 17.8. The van der Waals surface area contributed by atoms with Crippen LogP contribution in [0.5, 0.6) is 0 Å². The second kappa shape index (κ2) is 8.83. The number of piperazine rings is 1. The van der Waals surface area contributed by atoms with Gasteiger partial charge in [-0.05, 0) is 31.2 Å². The summed E-state index contributed by atoms with van der Waals surface area (Å²) < 4.78 is 37.6. The lowest BCUT2D eigenvalue weighted by molar-refractivity contribution is 0.0526. The van der Waals surface area contributed by atoms with Crippen molar-refractivity contribution < 1.29 is 22.5 Å². The molecule has 1 aromatic carbocycles. The van der Waals surface area contributed by atoms with Gasteiger partial charge in [-0.1, -0.05) is 25.9 Å². The van der Waals surface area contributed by atoms with Crippen LogP contribution in [0.15, 0.2) is 33.7 Å². The molecule has 3 rings (SSSR count). The molecule has 0 bridgehead atoms. The van der Waals surface area contributed by atoms with Crippen LogP contribution >= 0.6 is 0 Å². The molecule has 1 aromatic heterocycles. The van der Waals surface area contributed by atoms with E-state index in [4.69, 9.17) is 9.26 Å². The van der Waals surface area contributed by atoms with Crippen molar-refractivity contribution >= 4 is 16.0 Å². The van der Waals surface area contributed by atoms with Gasteiger partial charge in [-0.2, -0.15) is 9.29 Å². The zero-order chi connectivity index (χ0) is 21.9. The summed E-state index contributed by atoms with van der Waals surface area (Å²) in [6.45, 7) is 10.4. The third-order valence-electron chi connectivity index (χ3n) is 4.81. The third kappa shape index (κ3) is 5.05. The summed E-state index contributed by atoms with van der Waals surface area (Å²) in [6, 6.07) is 5.84. The first-order chi connectivity index (χ1) is 14.1. The average molecular weight is 437 g/mol. The van der Waals surface area contributed by atoms with Gasteiger partial charge in [-0.25, -0.2) is 13.2 Å². The number of nitrogens with zero attached hydrogens (tertiary/aromatic N) is 4. The van der Waals surface area contributed by atoms with Crippen molar-refractivity contribution in [2.75, 3.05) is 32.8 Å². The number of carbonyl (C=O) groups excluding carboxylic acids is 1. The molecule has 10 heteroatoms. The van der Waals surface area contributed by atoms with Gasteiger partial charge >= 0.3 is 5.97 Å². The zero-order valence-corrected chi connectivity index (χ0v) is 18.6. The Kier molecular flexibility index (Phi) is 6.59. The summed E-state index contributed by atoms with van der Waals surface area (Å²) >= 11 is 0. The summed E-state index contributed by atoms with van der Waals surface area (Å²) in [7, 11) is -3.62. The van der Waals surface area contributed by atoms with E-state index in [0.717, 1.165) is 0 Å². The van der Waals surface area contributed by atoms with Crippen LogP contribution in [0.3, 0.4) is 0 Å². The molecule has 1 fully saturated rings. The van der Waals surface area contributed by atoms with E-state index in [2.05, 4.69) is 15.0 Å². The molecule has 2 heterocycles. The van der Waals surface area contributed by atoms with E-state index in [9.17, 15) is 13.2 Å². The van der Waals surface area contributed by atoms with Crippen molar-refractivity contribution in [1.82, 2.24) is 19.3 Å². The molecule has 2 aromatic rings. The van der Waals surface area contributed by atoms with Crippen LogP contribution < -0.4 is 0 Å². The summed E-state index contributed by atoms with van der Waals surface area (Å²) in [5.41, 5.74) is 0.122. The van der Waals surface area contributed by atoms with Crippen molar-refractivity contribution in [3.05, 3.63) is 41.5 Å². The monoisotopic (exact) mass is 436 g/mol. The molecule has 1 aliphatic rings. The molecule has 1 saturated heterocycles. The second-order valence-electron chi connectivity index (χ2n) is 8.19. The predicted octanol–water partition coefficient (Wildman–Crippen LogP) is 2.05. The summed E-state index contributed by atoms with van der Waals surface area (Å²) in [5, 5.41) is 4.03. The highest BCUT2D eigenvalue weighted by Crippen LogP contribution is 2.21. The highest BCUT2D eigenvalue weighted by Gasteiger charge is 2.29. The minimum atomic E-state index is -3.62. The van der Waals surface area contributed by atoms with Gasteiger partial charge in [-0.15, -0.1) is 0 Å². The Hall–Kier alpha value is -2.30. The number of rotatable bonds is 6. The number of hydrogen-bond donors (Lipinski definition) is 0. The van der Waals surface area contributed by atoms with Gasteiger partial charge in [-0.3, -0.25) is 4.90 Å². The highest BCUT2D eigenvalue weighted by atomic mass is 32.2. The maximum absolute atomic E-state index is 12.9. The fraction of sp³-hybridized carbons (Fsp3) is 0.550. The standard InChI is InChI=1S/C20H28N4O5S/c1-5-28-18(25)15-6-8-16(9-7-15)30(26,27)24-12-10-23(11-13-24)14-17-21-19(29-22-17)20(2,3)4/h6-9H,5,10-14H2,1-4H3. The van der Waals surface area contributed by atoms with Crippen LogP contribution in [0.25, 0.3) is 0 Å². The predicted molar refractivity (Wildman–Crippen MR) is 109 cm³/mol. The molecule has 30 heavy (non-hydrogen) atoms. The maximum atomic E-state index is 12.9. The fourth-order valence-corrected chi connectivity index (χ4v) is 4.50. The Morgan fingerprint density at radius 2 is 1.77 bits per heavy atom. The summed E-state index contributed by atoms with van der Waals surface area (Å²) in [6.07, 6.45) is 0. The highest BCUT2D eigenvalue weighted by molar-refractivity contribution is 7.89. The average Bonchev–Trinajstić information content (AvgIpc) is 3.18. The number of sulfonamides is 1. The maximum Gasteiger partial charge on any atom is 0.338 e. The lowest BCUT2D eigenvalue weighted by Gasteiger charge is -2.33. The smallest absolute Gasteiger partial charge is 0.338 e. The van der Waals surface area contributed by atoms with E-state index >= 15 is 0 Å². The largest absolute Gasteiger partial charge is 0.462 e. The van der Waals surface area contributed by atoms with Crippen LogP contribution in [0, 0.1) is 0 Å². The molecule has 9 nitrogen and oxygen atoms in total. The minimum Gasteiger partial charge on any atom is -0.462 e. The normalized spacial score (nSPS) is 16.5. The number of hydrogen-bond acceptors (Lipinski definition) is 8. The number of benzene rings is 1. The second-order valence-corrected chi connectivity index (χ2v) is 10.1. The first-order valence-corrected chi connectivity index (χ1v) is 11.4. The Morgan fingerprint density at radius 3 is 2.30 bits per heavy atom. The van der Waals surface area contributed by atoms with Gasteiger partial charge in [0.15, 0.2) is 5.82 Å². The Bertz CT molecular complexity index is 971. The Morgan fingerprint density at radius 1 is 1.13 bits per heavy atom. The number of aromatic nitrogens is 2. The third-order valence-corrected chi connectivity index (χ3v) is 6.72. The molecule has 0 radical (unpaired) electrons. The molecule has 0 saturated carbocycles. The Balaban J connectivity index is 1.59. The summed E-state index contributed by atoms with van der Waals surface area (Å²) in [5.74, 6) is 0.724. The van der Waals surface area contributed by atoms with Crippen molar-refractivity contribution in [2.45, 2.75) is 44.6 Å². The van der Waals surface area contributed by atoms with E-state index in [1.165, 1.54) is 28.6 Å². The minimum absolute atomic E-state index is 0.164. The molecule has 0 amide bonds. The molecule has 1 aliphatic heterocycles. The lowest BCUT2D eigenvalue weighted by Crippen LogP contribution is -2.48. The molecule has 0 aliphatic carbocycles. The van der Waals surface area contributed by atoms with Gasteiger partial charge in [0, 0.05) is 31.6 Å². The number of ether oxygens (including phenoxy) is 1. The number of esters is 1. The molecule has 0 atom stereocenters. The number of carbonyl (C=O) groups is 1. The van der Waals surface area contributed by atoms with E-state index in [1.54, 1.807) is 6.92 Å². The molecular weight excluding hydrogens is 408 g/mol. The molecule has 164 valence electrons. The van der Waals surface area contributed by atoms with Gasteiger partial charge in [0.2, 0.25) is 15.9 Å².